The highest BCUT2D eigenvalue weighted by molar-refractivity contribution is 7.14. The van der Waals surface area contributed by atoms with Gasteiger partial charge in [0, 0.05) is 30.7 Å². The van der Waals surface area contributed by atoms with Crippen LogP contribution in [0.1, 0.15) is 54.1 Å². The van der Waals surface area contributed by atoms with Crippen molar-refractivity contribution in [2.45, 2.75) is 51.7 Å². The minimum Gasteiger partial charge on any atom is -0.465 e. The molecule has 0 saturated carbocycles. The van der Waals surface area contributed by atoms with Crippen LogP contribution >= 0.6 is 11.3 Å². The highest BCUT2D eigenvalue weighted by Gasteiger charge is 2.28. The van der Waals surface area contributed by atoms with Gasteiger partial charge in [0.15, 0.2) is 0 Å². The van der Waals surface area contributed by atoms with E-state index in [0.29, 0.717) is 24.3 Å². The van der Waals surface area contributed by atoms with Crippen LogP contribution in [-0.2, 0) is 9.53 Å². The molecule has 2 heterocycles. The molecule has 0 spiro atoms. The fraction of sp³-hybridized carbons (Fsp3) is 0.478. The summed E-state index contributed by atoms with van der Waals surface area (Å²) in [4.78, 5) is 27.1. The van der Waals surface area contributed by atoms with Gasteiger partial charge < -0.3 is 14.7 Å². The monoisotopic (exact) mass is 415 g/mol. The summed E-state index contributed by atoms with van der Waals surface area (Å²) in [6, 6.07) is 3.58. The van der Waals surface area contributed by atoms with E-state index in [0.717, 1.165) is 17.7 Å². The summed E-state index contributed by atoms with van der Waals surface area (Å²) in [5.41, 5.74) is 0. The highest BCUT2D eigenvalue weighted by Crippen LogP contribution is 2.22. The Hall–Kier alpha value is -2.36. The second-order valence-corrected chi connectivity index (χ2v) is 8.13. The van der Waals surface area contributed by atoms with Crippen LogP contribution in [0.2, 0.25) is 0 Å². The fourth-order valence-electron chi connectivity index (χ4n) is 3.04. The van der Waals surface area contributed by atoms with Crippen molar-refractivity contribution < 1.29 is 19.4 Å². The lowest BCUT2D eigenvalue weighted by molar-refractivity contribution is -0.127. The topological polar surface area (TPSA) is 66.8 Å². The number of rotatable bonds is 8. The molecule has 1 saturated heterocycles. The van der Waals surface area contributed by atoms with E-state index in [2.05, 4.69) is 11.8 Å². The Morgan fingerprint density at radius 1 is 1.45 bits per heavy atom. The van der Waals surface area contributed by atoms with Crippen LogP contribution in [0, 0.1) is 17.8 Å². The largest absolute Gasteiger partial charge is 0.465 e. The minimum absolute atomic E-state index is 0.00954. The number of ether oxygens (including phenoxy) is 1. The molecule has 3 atom stereocenters. The summed E-state index contributed by atoms with van der Waals surface area (Å²) in [5.74, 6) is 5.91. The zero-order valence-corrected chi connectivity index (χ0v) is 18.1. The van der Waals surface area contributed by atoms with E-state index in [9.17, 15) is 14.7 Å². The average molecular weight is 416 g/mol. The molecule has 1 aliphatic heterocycles. The first-order valence-electron chi connectivity index (χ1n) is 9.92. The molecule has 1 amide bonds. The summed E-state index contributed by atoms with van der Waals surface area (Å²) in [7, 11) is 1.36. The fourth-order valence-corrected chi connectivity index (χ4v) is 3.90. The molecule has 1 aromatic heterocycles. The van der Waals surface area contributed by atoms with E-state index in [4.69, 9.17) is 4.74 Å². The summed E-state index contributed by atoms with van der Waals surface area (Å²) in [6.45, 7) is 4.47. The number of aliphatic hydroxyl groups is 1. The van der Waals surface area contributed by atoms with Crippen LogP contribution in [0.15, 0.2) is 30.4 Å². The van der Waals surface area contributed by atoms with Gasteiger partial charge in [0.05, 0.1) is 19.3 Å². The van der Waals surface area contributed by atoms with Crippen LogP contribution in [0.3, 0.4) is 0 Å². The van der Waals surface area contributed by atoms with E-state index in [1.54, 1.807) is 12.1 Å². The number of carbonyl (C=O) groups is 2. The SMILES string of the molecule is CCC#CC[C@H](C)[C@H](O)C=CC1CCC(=O)N1CC=Cc1ccc(C(=O)OC)s1. The molecule has 156 valence electrons. The lowest BCUT2D eigenvalue weighted by atomic mass is 10.00. The van der Waals surface area contributed by atoms with Crippen molar-refractivity contribution in [1.29, 1.82) is 0 Å². The molecular weight excluding hydrogens is 386 g/mol. The summed E-state index contributed by atoms with van der Waals surface area (Å²) in [5, 5.41) is 10.3. The minimum atomic E-state index is -0.572. The van der Waals surface area contributed by atoms with Gasteiger partial charge in [-0.15, -0.1) is 23.2 Å². The molecule has 6 heteroatoms. The van der Waals surface area contributed by atoms with Gasteiger partial charge in [0.2, 0.25) is 5.91 Å². The zero-order chi connectivity index (χ0) is 21.2. The predicted molar refractivity (Wildman–Crippen MR) is 116 cm³/mol. The van der Waals surface area contributed by atoms with E-state index in [1.807, 2.05) is 43.0 Å². The van der Waals surface area contributed by atoms with Crippen LogP contribution in [0.4, 0.5) is 0 Å². The highest BCUT2D eigenvalue weighted by atomic mass is 32.1. The molecule has 2 rings (SSSR count). The van der Waals surface area contributed by atoms with E-state index in [-0.39, 0.29) is 23.8 Å². The standard InChI is InChI=1S/C23H29NO4S/c1-4-5-6-8-17(2)20(25)13-10-18-11-15-22(26)24(18)16-7-9-19-12-14-21(29-19)23(27)28-3/h7,9-10,12-14,17-18,20,25H,4,8,11,15-16H2,1-3H3/t17-,18?,20+/m0/s1. The number of likely N-dealkylation sites (tertiary alicyclic amines) is 1. The first kappa shape index (κ1) is 22.9. The van der Waals surface area contributed by atoms with Gasteiger partial charge in [-0.1, -0.05) is 32.1 Å². The normalized spacial score (nSPS) is 18.8. The van der Waals surface area contributed by atoms with Crippen molar-refractivity contribution in [3.63, 3.8) is 0 Å². The Morgan fingerprint density at radius 3 is 2.97 bits per heavy atom. The van der Waals surface area contributed by atoms with Crippen LogP contribution in [0.25, 0.3) is 6.08 Å². The molecule has 0 aliphatic carbocycles. The summed E-state index contributed by atoms with van der Waals surface area (Å²) in [6.07, 6.45) is 9.74. The van der Waals surface area contributed by atoms with E-state index in [1.165, 1.54) is 18.4 Å². The van der Waals surface area contributed by atoms with Crippen molar-refractivity contribution in [2.24, 2.45) is 5.92 Å². The number of esters is 1. The van der Waals surface area contributed by atoms with Gasteiger partial charge in [-0.3, -0.25) is 4.79 Å². The van der Waals surface area contributed by atoms with Crippen molar-refractivity contribution >= 4 is 29.3 Å². The number of carbonyl (C=O) groups excluding carboxylic acids is 2. The number of thiophene rings is 1. The lowest BCUT2D eigenvalue weighted by Gasteiger charge is -2.21. The quantitative estimate of drug-likeness (QED) is 0.397. The first-order chi connectivity index (χ1) is 14.0. The Morgan fingerprint density at radius 2 is 2.24 bits per heavy atom. The molecule has 0 radical (unpaired) electrons. The molecule has 5 nitrogen and oxygen atoms in total. The smallest absolute Gasteiger partial charge is 0.348 e. The number of methoxy groups -OCH3 is 1. The molecule has 0 aromatic carbocycles. The maximum atomic E-state index is 12.2. The number of nitrogens with zero attached hydrogens (tertiary/aromatic N) is 1. The molecule has 1 N–H and O–H groups in total. The van der Waals surface area contributed by atoms with Crippen LogP contribution in [0.5, 0.6) is 0 Å². The molecule has 29 heavy (non-hydrogen) atoms. The number of aliphatic hydroxyl groups excluding tert-OH is 1. The molecular formula is C23H29NO4S. The molecule has 1 aliphatic rings. The molecule has 0 bridgehead atoms. The van der Waals surface area contributed by atoms with Gasteiger partial charge in [0.1, 0.15) is 4.88 Å². The lowest BCUT2D eigenvalue weighted by Crippen LogP contribution is -2.32. The third-order valence-electron chi connectivity index (χ3n) is 4.81. The molecule has 1 fully saturated rings. The maximum Gasteiger partial charge on any atom is 0.348 e. The van der Waals surface area contributed by atoms with Crippen molar-refractivity contribution in [1.82, 2.24) is 4.90 Å². The average Bonchev–Trinajstić information content (AvgIpc) is 3.33. The van der Waals surface area contributed by atoms with Gasteiger partial charge in [-0.25, -0.2) is 4.79 Å². The Bertz CT molecular complexity index is 814. The van der Waals surface area contributed by atoms with Crippen molar-refractivity contribution in [3.05, 3.63) is 40.1 Å². The van der Waals surface area contributed by atoms with Crippen molar-refractivity contribution in [2.75, 3.05) is 13.7 Å². The van der Waals surface area contributed by atoms with E-state index < -0.39 is 6.10 Å². The van der Waals surface area contributed by atoms with Gasteiger partial charge in [-0.05, 0) is 30.5 Å². The number of hydrogen-bond acceptors (Lipinski definition) is 5. The van der Waals surface area contributed by atoms with Crippen LogP contribution in [-0.4, -0.2) is 47.7 Å². The Kier molecular flexibility index (Phi) is 9.17. The third-order valence-corrected chi connectivity index (χ3v) is 5.84. The zero-order valence-electron chi connectivity index (χ0n) is 17.3. The second kappa shape index (κ2) is 11.6. The van der Waals surface area contributed by atoms with Crippen LogP contribution < -0.4 is 0 Å². The van der Waals surface area contributed by atoms with E-state index >= 15 is 0 Å². The third kappa shape index (κ3) is 6.88. The van der Waals surface area contributed by atoms with Gasteiger partial charge in [0.25, 0.3) is 0 Å². The Balaban J connectivity index is 1.92. The number of hydrogen-bond donors (Lipinski definition) is 1. The second-order valence-electron chi connectivity index (χ2n) is 7.01. The Labute approximate surface area is 177 Å². The number of amides is 1. The van der Waals surface area contributed by atoms with Crippen molar-refractivity contribution in [3.8, 4) is 11.8 Å². The molecule has 1 unspecified atom stereocenters. The maximum absolute atomic E-state index is 12.2. The first-order valence-corrected chi connectivity index (χ1v) is 10.7. The van der Waals surface area contributed by atoms with Gasteiger partial charge in [-0.2, -0.15) is 0 Å². The summed E-state index contributed by atoms with van der Waals surface area (Å²) >= 11 is 1.35. The summed E-state index contributed by atoms with van der Waals surface area (Å²) < 4.78 is 4.71. The predicted octanol–water partition coefficient (Wildman–Crippen LogP) is 3.90. The molecule has 1 aromatic rings. The van der Waals surface area contributed by atoms with Gasteiger partial charge >= 0.3 is 5.97 Å².